The molecule has 0 aliphatic carbocycles. The standard InChI is InChI=1S/C13H14N4O4S/c1-14-13-6-3-9(8-15-13)16-11-5-4-10(17(18)19)7-12(11)22(2,20)21/h3-8,16H,1-2H3,(H,14,15). The minimum Gasteiger partial charge on any atom is -0.373 e. The van der Waals surface area contributed by atoms with Crippen LogP contribution in [-0.4, -0.2) is 31.6 Å². The Morgan fingerprint density at radius 2 is 1.95 bits per heavy atom. The van der Waals surface area contributed by atoms with Gasteiger partial charge in [-0.05, 0) is 18.2 Å². The maximum absolute atomic E-state index is 11.8. The number of hydrogen-bond acceptors (Lipinski definition) is 7. The van der Waals surface area contributed by atoms with Crippen molar-refractivity contribution in [3.8, 4) is 0 Å². The van der Waals surface area contributed by atoms with Gasteiger partial charge in [0.1, 0.15) is 5.82 Å². The Morgan fingerprint density at radius 3 is 2.45 bits per heavy atom. The molecule has 22 heavy (non-hydrogen) atoms. The Kier molecular flexibility index (Phi) is 4.27. The summed E-state index contributed by atoms with van der Waals surface area (Å²) in [5, 5.41) is 16.6. The second kappa shape index (κ2) is 5.98. The lowest BCUT2D eigenvalue weighted by molar-refractivity contribution is -0.385. The molecular formula is C13H14N4O4S. The first-order valence-electron chi connectivity index (χ1n) is 6.20. The summed E-state index contributed by atoms with van der Waals surface area (Å²) in [6.45, 7) is 0. The van der Waals surface area contributed by atoms with Crippen LogP contribution in [0.3, 0.4) is 0 Å². The van der Waals surface area contributed by atoms with E-state index < -0.39 is 14.8 Å². The first-order valence-corrected chi connectivity index (χ1v) is 8.10. The van der Waals surface area contributed by atoms with Gasteiger partial charge in [0.2, 0.25) is 0 Å². The summed E-state index contributed by atoms with van der Waals surface area (Å²) in [6, 6.07) is 7.07. The van der Waals surface area contributed by atoms with Crippen molar-refractivity contribution in [1.29, 1.82) is 0 Å². The number of non-ortho nitro benzene ring substituents is 1. The first-order chi connectivity index (χ1) is 10.3. The van der Waals surface area contributed by atoms with Gasteiger partial charge in [0.25, 0.3) is 5.69 Å². The van der Waals surface area contributed by atoms with Crippen LogP contribution < -0.4 is 10.6 Å². The molecule has 1 heterocycles. The van der Waals surface area contributed by atoms with Crippen LogP contribution in [0.4, 0.5) is 22.9 Å². The van der Waals surface area contributed by atoms with Crippen LogP contribution >= 0.6 is 0 Å². The molecule has 9 heteroatoms. The molecule has 0 saturated heterocycles. The zero-order valence-corrected chi connectivity index (χ0v) is 12.7. The normalized spacial score (nSPS) is 11.0. The summed E-state index contributed by atoms with van der Waals surface area (Å²) in [6.07, 6.45) is 2.53. The Hall–Kier alpha value is -2.68. The molecule has 0 saturated carbocycles. The molecule has 2 N–H and O–H groups in total. The van der Waals surface area contributed by atoms with Crippen molar-refractivity contribution >= 4 is 32.7 Å². The summed E-state index contributed by atoms with van der Waals surface area (Å²) in [5.74, 6) is 0.664. The van der Waals surface area contributed by atoms with E-state index in [0.717, 1.165) is 12.3 Å². The molecule has 1 aromatic heterocycles. The Labute approximate surface area is 127 Å². The predicted molar refractivity (Wildman–Crippen MR) is 83.3 cm³/mol. The van der Waals surface area contributed by atoms with Crippen LogP contribution in [0.25, 0.3) is 0 Å². The van der Waals surface area contributed by atoms with E-state index >= 15 is 0 Å². The molecule has 116 valence electrons. The maximum atomic E-state index is 11.8. The van der Waals surface area contributed by atoms with Gasteiger partial charge in [-0.2, -0.15) is 0 Å². The van der Waals surface area contributed by atoms with E-state index in [1.807, 2.05) is 0 Å². The average Bonchev–Trinajstić information content (AvgIpc) is 2.47. The molecule has 0 aliphatic rings. The maximum Gasteiger partial charge on any atom is 0.270 e. The topological polar surface area (TPSA) is 114 Å². The van der Waals surface area contributed by atoms with Crippen LogP contribution in [0.1, 0.15) is 0 Å². The number of sulfone groups is 1. The molecule has 2 aromatic rings. The number of nitro groups is 1. The highest BCUT2D eigenvalue weighted by molar-refractivity contribution is 7.90. The number of pyridine rings is 1. The van der Waals surface area contributed by atoms with Crippen LogP contribution in [-0.2, 0) is 9.84 Å². The Bertz CT molecular complexity index is 803. The molecule has 8 nitrogen and oxygen atoms in total. The van der Waals surface area contributed by atoms with Crippen molar-refractivity contribution in [3.05, 3.63) is 46.6 Å². The monoisotopic (exact) mass is 322 g/mol. The summed E-state index contributed by atoms with van der Waals surface area (Å²) < 4.78 is 23.7. The SMILES string of the molecule is CNc1ccc(Nc2ccc([N+](=O)[O-])cc2S(C)(=O)=O)cn1. The van der Waals surface area contributed by atoms with Crippen molar-refractivity contribution in [2.24, 2.45) is 0 Å². The first kappa shape index (κ1) is 15.7. The van der Waals surface area contributed by atoms with Crippen LogP contribution in [0.15, 0.2) is 41.4 Å². The molecule has 0 bridgehead atoms. The smallest absolute Gasteiger partial charge is 0.270 e. The molecule has 0 fully saturated rings. The zero-order valence-electron chi connectivity index (χ0n) is 11.9. The second-order valence-electron chi connectivity index (χ2n) is 4.52. The fourth-order valence-corrected chi connectivity index (χ4v) is 2.66. The van der Waals surface area contributed by atoms with E-state index in [-0.39, 0.29) is 16.3 Å². The van der Waals surface area contributed by atoms with Crippen LogP contribution in [0.2, 0.25) is 0 Å². The van der Waals surface area contributed by atoms with Crippen LogP contribution in [0, 0.1) is 10.1 Å². The van der Waals surface area contributed by atoms with Crippen molar-refractivity contribution in [2.45, 2.75) is 4.90 Å². The second-order valence-corrected chi connectivity index (χ2v) is 6.50. The number of rotatable bonds is 5. The fraction of sp³-hybridized carbons (Fsp3) is 0.154. The Balaban J connectivity index is 2.43. The van der Waals surface area contributed by atoms with Gasteiger partial charge in [0.15, 0.2) is 9.84 Å². The molecule has 0 spiro atoms. The number of aromatic nitrogens is 1. The van der Waals surface area contributed by atoms with Crippen molar-refractivity contribution in [2.75, 3.05) is 23.9 Å². The van der Waals surface area contributed by atoms with E-state index in [2.05, 4.69) is 15.6 Å². The molecule has 0 radical (unpaired) electrons. The van der Waals surface area contributed by atoms with E-state index in [1.165, 1.54) is 18.3 Å². The van der Waals surface area contributed by atoms with Gasteiger partial charge >= 0.3 is 0 Å². The van der Waals surface area contributed by atoms with Gasteiger partial charge in [-0.25, -0.2) is 13.4 Å². The Morgan fingerprint density at radius 1 is 1.23 bits per heavy atom. The third-order valence-electron chi connectivity index (χ3n) is 2.87. The van der Waals surface area contributed by atoms with E-state index in [1.54, 1.807) is 19.2 Å². The highest BCUT2D eigenvalue weighted by atomic mass is 32.2. The molecule has 0 atom stereocenters. The van der Waals surface area contributed by atoms with E-state index in [9.17, 15) is 18.5 Å². The van der Waals surface area contributed by atoms with Gasteiger partial charge in [-0.3, -0.25) is 10.1 Å². The predicted octanol–water partition coefficient (Wildman–Crippen LogP) is 2.18. The zero-order chi connectivity index (χ0) is 16.3. The number of nitrogens with one attached hydrogen (secondary N) is 2. The van der Waals surface area contributed by atoms with Gasteiger partial charge in [-0.15, -0.1) is 0 Å². The third-order valence-corrected chi connectivity index (χ3v) is 4.01. The summed E-state index contributed by atoms with van der Waals surface area (Å²) in [4.78, 5) is 14.1. The molecule has 0 aliphatic heterocycles. The highest BCUT2D eigenvalue weighted by Crippen LogP contribution is 2.29. The third kappa shape index (κ3) is 3.50. The molecular weight excluding hydrogens is 308 g/mol. The number of hydrogen-bond donors (Lipinski definition) is 2. The van der Waals surface area contributed by atoms with Gasteiger partial charge in [-0.1, -0.05) is 0 Å². The van der Waals surface area contributed by atoms with Crippen molar-refractivity contribution < 1.29 is 13.3 Å². The van der Waals surface area contributed by atoms with Gasteiger partial charge < -0.3 is 10.6 Å². The van der Waals surface area contributed by atoms with E-state index in [4.69, 9.17) is 0 Å². The summed E-state index contributed by atoms with van der Waals surface area (Å²) in [5.41, 5.74) is 0.541. The van der Waals surface area contributed by atoms with Crippen molar-refractivity contribution in [3.63, 3.8) is 0 Å². The van der Waals surface area contributed by atoms with Crippen LogP contribution in [0.5, 0.6) is 0 Å². The number of benzene rings is 1. The number of nitrogens with zero attached hydrogens (tertiary/aromatic N) is 2. The number of anilines is 3. The minimum atomic E-state index is -3.62. The molecule has 0 amide bonds. The molecule has 2 rings (SSSR count). The highest BCUT2D eigenvalue weighted by Gasteiger charge is 2.18. The summed E-state index contributed by atoms with van der Waals surface area (Å²) >= 11 is 0. The van der Waals surface area contributed by atoms with Crippen molar-refractivity contribution in [1.82, 2.24) is 4.98 Å². The largest absolute Gasteiger partial charge is 0.373 e. The average molecular weight is 322 g/mol. The quantitative estimate of drug-likeness (QED) is 0.640. The molecule has 0 unspecified atom stereocenters. The lowest BCUT2D eigenvalue weighted by Crippen LogP contribution is -2.04. The van der Waals surface area contributed by atoms with Gasteiger partial charge in [0.05, 0.1) is 27.4 Å². The van der Waals surface area contributed by atoms with E-state index in [0.29, 0.717) is 11.5 Å². The lowest BCUT2D eigenvalue weighted by atomic mass is 10.2. The fourth-order valence-electron chi connectivity index (χ4n) is 1.81. The van der Waals surface area contributed by atoms with Gasteiger partial charge in [0, 0.05) is 25.4 Å². The molecule has 1 aromatic carbocycles. The summed E-state index contributed by atoms with van der Waals surface area (Å²) in [7, 11) is -1.89. The lowest BCUT2D eigenvalue weighted by Gasteiger charge is -2.11. The minimum absolute atomic E-state index is 0.139. The number of nitro benzene ring substituents is 1.